The highest BCUT2D eigenvalue weighted by molar-refractivity contribution is 5.77. The molecular formula is C21H33N3O4. The number of methoxy groups -OCH3 is 1. The number of benzene rings is 1. The van der Waals surface area contributed by atoms with Gasteiger partial charge in [-0.25, -0.2) is 0 Å². The van der Waals surface area contributed by atoms with Crippen molar-refractivity contribution in [1.29, 1.82) is 0 Å². The van der Waals surface area contributed by atoms with Crippen LogP contribution in [0, 0.1) is 11.8 Å². The number of hydrogen-bond donors (Lipinski definition) is 3. The molecule has 2 rings (SSSR count). The molecule has 0 spiro atoms. The summed E-state index contributed by atoms with van der Waals surface area (Å²) in [5.41, 5.74) is 0.919. The van der Waals surface area contributed by atoms with Crippen molar-refractivity contribution in [3.8, 4) is 11.5 Å². The molecule has 2 atom stereocenters. The fourth-order valence-electron chi connectivity index (χ4n) is 3.43. The largest absolute Gasteiger partial charge is 0.493 e. The highest BCUT2D eigenvalue weighted by atomic mass is 16.5. The molecule has 1 aromatic carbocycles. The Morgan fingerprint density at radius 1 is 1.25 bits per heavy atom. The van der Waals surface area contributed by atoms with Crippen LogP contribution in [0.1, 0.15) is 38.7 Å². The van der Waals surface area contributed by atoms with E-state index in [4.69, 9.17) is 9.47 Å². The maximum absolute atomic E-state index is 12.3. The number of carbonyl (C=O) groups is 2. The van der Waals surface area contributed by atoms with Gasteiger partial charge >= 0.3 is 0 Å². The van der Waals surface area contributed by atoms with Gasteiger partial charge in [-0.3, -0.25) is 9.59 Å². The highest BCUT2D eigenvalue weighted by Gasteiger charge is 2.22. The van der Waals surface area contributed by atoms with Gasteiger partial charge in [-0.2, -0.15) is 0 Å². The third-order valence-corrected chi connectivity index (χ3v) is 5.10. The van der Waals surface area contributed by atoms with E-state index in [1.54, 1.807) is 13.2 Å². The minimum Gasteiger partial charge on any atom is -0.493 e. The van der Waals surface area contributed by atoms with E-state index in [-0.39, 0.29) is 18.4 Å². The number of amides is 2. The predicted molar refractivity (Wildman–Crippen MR) is 108 cm³/mol. The van der Waals surface area contributed by atoms with Crippen molar-refractivity contribution < 1.29 is 19.1 Å². The Bertz CT molecular complexity index is 645. The lowest BCUT2D eigenvalue weighted by atomic mass is 9.85. The molecule has 28 heavy (non-hydrogen) atoms. The van der Waals surface area contributed by atoms with Gasteiger partial charge in [0.1, 0.15) is 0 Å². The summed E-state index contributed by atoms with van der Waals surface area (Å²) in [6, 6.07) is 5.45. The van der Waals surface area contributed by atoms with Crippen molar-refractivity contribution in [2.45, 2.75) is 39.7 Å². The van der Waals surface area contributed by atoms with E-state index in [9.17, 15) is 9.59 Å². The first-order chi connectivity index (χ1) is 13.5. The topological polar surface area (TPSA) is 88.7 Å². The van der Waals surface area contributed by atoms with Crippen molar-refractivity contribution in [3.63, 3.8) is 0 Å². The number of ether oxygens (including phenoxy) is 2. The van der Waals surface area contributed by atoms with Crippen LogP contribution in [0.25, 0.3) is 0 Å². The maximum Gasteiger partial charge on any atom is 0.257 e. The maximum atomic E-state index is 12.3. The first-order valence-corrected chi connectivity index (χ1v) is 10.1. The lowest BCUT2D eigenvalue weighted by Crippen LogP contribution is -2.35. The molecule has 0 saturated carbocycles. The minimum atomic E-state index is -0.178. The molecule has 3 N–H and O–H groups in total. The highest BCUT2D eigenvalue weighted by Crippen LogP contribution is 2.28. The van der Waals surface area contributed by atoms with Crippen molar-refractivity contribution in [1.82, 2.24) is 16.0 Å². The number of nitrogens with one attached hydrogen (secondary N) is 3. The quantitative estimate of drug-likeness (QED) is 0.567. The Balaban J connectivity index is 1.82. The normalized spacial score (nSPS) is 17.5. The van der Waals surface area contributed by atoms with Gasteiger partial charge in [0.2, 0.25) is 5.91 Å². The molecule has 1 aliphatic rings. The molecule has 0 aliphatic carbocycles. The molecule has 7 nitrogen and oxygen atoms in total. The molecular weight excluding hydrogens is 358 g/mol. The van der Waals surface area contributed by atoms with E-state index in [1.807, 2.05) is 19.1 Å². The molecule has 1 saturated heterocycles. The van der Waals surface area contributed by atoms with Gasteiger partial charge in [0.25, 0.3) is 5.91 Å². The second kappa shape index (κ2) is 11.5. The fourth-order valence-corrected chi connectivity index (χ4v) is 3.43. The van der Waals surface area contributed by atoms with Crippen LogP contribution in [0.15, 0.2) is 18.2 Å². The van der Waals surface area contributed by atoms with E-state index in [1.165, 1.54) is 12.8 Å². The van der Waals surface area contributed by atoms with Crippen LogP contribution in [-0.4, -0.2) is 45.2 Å². The number of hydrogen-bond acceptors (Lipinski definition) is 5. The summed E-state index contributed by atoms with van der Waals surface area (Å²) in [6.45, 7) is 7.03. The van der Waals surface area contributed by atoms with E-state index in [0.29, 0.717) is 42.8 Å². The summed E-state index contributed by atoms with van der Waals surface area (Å²) in [7, 11) is 1.55. The molecule has 2 unspecified atom stereocenters. The van der Waals surface area contributed by atoms with Gasteiger partial charge < -0.3 is 25.4 Å². The molecule has 2 amide bonds. The predicted octanol–water partition coefficient (Wildman–Crippen LogP) is 1.85. The smallest absolute Gasteiger partial charge is 0.257 e. The first-order valence-electron chi connectivity index (χ1n) is 10.1. The van der Waals surface area contributed by atoms with Crippen LogP contribution in [-0.2, 0) is 16.1 Å². The van der Waals surface area contributed by atoms with Crippen LogP contribution in [0.2, 0.25) is 0 Å². The second-order valence-electron chi connectivity index (χ2n) is 7.29. The molecule has 1 fully saturated rings. The van der Waals surface area contributed by atoms with Gasteiger partial charge in [0, 0.05) is 19.5 Å². The van der Waals surface area contributed by atoms with E-state index in [2.05, 4.69) is 22.9 Å². The molecule has 156 valence electrons. The minimum absolute atomic E-state index is 0.0613. The molecule has 0 aromatic heterocycles. The summed E-state index contributed by atoms with van der Waals surface area (Å²) >= 11 is 0. The zero-order valence-electron chi connectivity index (χ0n) is 17.2. The van der Waals surface area contributed by atoms with Crippen molar-refractivity contribution >= 4 is 11.8 Å². The third kappa shape index (κ3) is 7.03. The number of rotatable bonds is 10. The molecule has 7 heteroatoms. The monoisotopic (exact) mass is 391 g/mol. The van der Waals surface area contributed by atoms with E-state index >= 15 is 0 Å². The second-order valence-corrected chi connectivity index (χ2v) is 7.29. The van der Waals surface area contributed by atoms with E-state index < -0.39 is 0 Å². The van der Waals surface area contributed by atoms with Crippen LogP contribution in [0.4, 0.5) is 0 Å². The SMILES string of the molecule is CCNC(=O)COc1ccc(CNC(=O)CC(C)C2CCCNC2)cc1OC. The van der Waals surface area contributed by atoms with Crippen LogP contribution < -0.4 is 25.4 Å². The summed E-state index contributed by atoms with van der Waals surface area (Å²) < 4.78 is 10.9. The summed E-state index contributed by atoms with van der Waals surface area (Å²) in [6.07, 6.45) is 2.92. The molecule has 1 aromatic rings. The van der Waals surface area contributed by atoms with E-state index in [0.717, 1.165) is 18.7 Å². The lowest BCUT2D eigenvalue weighted by Gasteiger charge is -2.28. The number of carbonyl (C=O) groups excluding carboxylic acids is 2. The Kier molecular flexibility index (Phi) is 9.07. The van der Waals surface area contributed by atoms with Gasteiger partial charge in [-0.1, -0.05) is 13.0 Å². The van der Waals surface area contributed by atoms with Crippen molar-refractivity contribution in [2.24, 2.45) is 11.8 Å². The standard InChI is InChI=1S/C21H33N3O4/c1-4-23-21(26)14-28-18-8-7-16(11-19(18)27-3)12-24-20(25)10-15(2)17-6-5-9-22-13-17/h7-8,11,15,17,22H,4-6,9-10,12-14H2,1-3H3,(H,23,26)(H,24,25). The lowest BCUT2D eigenvalue weighted by molar-refractivity contribution is -0.123. The van der Waals surface area contributed by atoms with Crippen LogP contribution in [0.5, 0.6) is 11.5 Å². The van der Waals surface area contributed by atoms with Gasteiger partial charge in [-0.15, -0.1) is 0 Å². The van der Waals surface area contributed by atoms with Crippen molar-refractivity contribution in [3.05, 3.63) is 23.8 Å². The first kappa shape index (κ1) is 22.0. The summed E-state index contributed by atoms with van der Waals surface area (Å²) in [5, 5.41) is 9.07. The van der Waals surface area contributed by atoms with Gasteiger partial charge in [-0.05, 0) is 62.4 Å². The average molecular weight is 392 g/mol. The Morgan fingerprint density at radius 3 is 2.75 bits per heavy atom. The average Bonchev–Trinajstić information content (AvgIpc) is 2.71. The fraction of sp³-hybridized carbons (Fsp3) is 0.619. The van der Waals surface area contributed by atoms with Gasteiger partial charge in [0.15, 0.2) is 18.1 Å². The number of piperidine rings is 1. The van der Waals surface area contributed by atoms with Gasteiger partial charge in [0.05, 0.1) is 7.11 Å². The van der Waals surface area contributed by atoms with Crippen LogP contribution >= 0.6 is 0 Å². The Hall–Kier alpha value is -2.28. The third-order valence-electron chi connectivity index (χ3n) is 5.10. The molecule has 1 aliphatic heterocycles. The molecule has 1 heterocycles. The summed E-state index contributed by atoms with van der Waals surface area (Å²) in [5.74, 6) is 1.87. The summed E-state index contributed by atoms with van der Waals surface area (Å²) in [4.78, 5) is 23.8. The zero-order chi connectivity index (χ0) is 20.4. The van der Waals surface area contributed by atoms with Crippen LogP contribution in [0.3, 0.4) is 0 Å². The molecule has 0 bridgehead atoms. The zero-order valence-corrected chi connectivity index (χ0v) is 17.2. The van der Waals surface area contributed by atoms with Crippen molar-refractivity contribution in [2.75, 3.05) is 33.4 Å². The molecule has 0 radical (unpaired) electrons. The number of likely N-dealkylation sites (N-methyl/N-ethyl adjacent to an activating group) is 1. The Morgan fingerprint density at radius 2 is 2.07 bits per heavy atom. The Labute approximate surface area is 167 Å².